The smallest absolute Gasteiger partial charge is 0.339 e. The van der Waals surface area contributed by atoms with Gasteiger partial charge in [0, 0.05) is 22.8 Å². The van der Waals surface area contributed by atoms with Crippen LogP contribution in [-0.4, -0.2) is 25.8 Å². The molecule has 100 valence electrons. The summed E-state index contributed by atoms with van der Waals surface area (Å²) in [4.78, 5) is 15.4. The molecule has 20 heavy (non-hydrogen) atoms. The summed E-state index contributed by atoms with van der Waals surface area (Å²) in [5, 5.41) is 16.6. The van der Waals surface area contributed by atoms with Gasteiger partial charge in [0.25, 0.3) is 0 Å². The Morgan fingerprint density at radius 2 is 2.05 bits per heavy atom. The third-order valence-corrected chi connectivity index (χ3v) is 3.70. The maximum absolute atomic E-state index is 11.3. The molecule has 3 aromatic rings. The molecule has 1 N–H and O–H groups in total. The zero-order chi connectivity index (χ0) is 14.1. The summed E-state index contributed by atoms with van der Waals surface area (Å²) in [5.74, 6) is -1.03. The summed E-state index contributed by atoms with van der Waals surface area (Å²) < 4.78 is 1.51. The van der Waals surface area contributed by atoms with Crippen LogP contribution in [0, 0.1) is 0 Å². The van der Waals surface area contributed by atoms with E-state index < -0.39 is 5.97 Å². The van der Waals surface area contributed by atoms with E-state index in [4.69, 9.17) is 11.6 Å². The molecule has 1 aromatic carbocycles. The molecule has 0 unspecified atom stereocenters. The van der Waals surface area contributed by atoms with Gasteiger partial charge in [0.05, 0.1) is 5.69 Å². The Balaban J connectivity index is 2.12. The molecule has 0 radical (unpaired) electrons. The number of benzene rings is 1. The second-order valence-corrected chi connectivity index (χ2v) is 5.29. The van der Waals surface area contributed by atoms with Gasteiger partial charge in [-0.3, -0.25) is 0 Å². The van der Waals surface area contributed by atoms with E-state index >= 15 is 0 Å². The number of aromatic carboxylic acids is 1. The number of halogens is 1. The number of nitrogens with zero attached hydrogens (tertiary/aromatic N) is 3. The van der Waals surface area contributed by atoms with Gasteiger partial charge in [0.15, 0.2) is 0 Å². The van der Waals surface area contributed by atoms with Gasteiger partial charge in [-0.15, -0.1) is 11.3 Å². The van der Waals surface area contributed by atoms with Gasteiger partial charge >= 0.3 is 5.97 Å². The molecular weight excluding hydrogens is 298 g/mol. The highest BCUT2D eigenvalue weighted by atomic mass is 35.5. The minimum Gasteiger partial charge on any atom is -0.478 e. The lowest BCUT2D eigenvalue weighted by Crippen LogP contribution is -1.96. The Hall–Kier alpha value is -2.18. The van der Waals surface area contributed by atoms with Crippen molar-refractivity contribution in [3.05, 3.63) is 52.6 Å². The van der Waals surface area contributed by atoms with E-state index in [1.54, 1.807) is 35.8 Å². The number of carboxylic acids is 1. The van der Waals surface area contributed by atoms with Gasteiger partial charge in [-0.2, -0.15) is 5.10 Å². The Labute approximate surface area is 123 Å². The molecule has 0 spiro atoms. The first-order valence-electron chi connectivity index (χ1n) is 5.64. The van der Waals surface area contributed by atoms with Crippen molar-refractivity contribution in [2.45, 2.75) is 0 Å². The highest BCUT2D eigenvalue weighted by molar-refractivity contribution is 7.13. The Kier molecular flexibility index (Phi) is 3.25. The lowest BCUT2D eigenvalue weighted by Gasteiger charge is -2.00. The van der Waals surface area contributed by atoms with Gasteiger partial charge in [-0.25, -0.2) is 14.5 Å². The summed E-state index contributed by atoms with van der Waals surface area (Å²) in [5.41, 5.74) is 1.22. The van der Waals surface area contributed by atoms with E-state index in [0.29, 0.717) is 15.7 Å². The summed E-state index contributed by atoms with van der Waals surface area (Å²) in [6.07, 6.45) is 3.09. The third-order valence-electron chi connectivity index (χ3n) is 2.67. The van der Waals surface area contributed by atoms with Gasteiger partial charge in [0.1, 0.15) is 16.3 Å². The van der Waals surface area contributed by atoms with E-state index in [1.807, 2.05) is 0 Å². The number of hydrogen-bond donors (Lipinski definition) is 1. The average molecular weight is 306 g/mol. The summed E-state index contributed by atoms with van der Waals surface area (Å²) in [7, 11) is 0. The van der Waals surface area contributed by atoms with E-state index in [1.165, 1.54) is 22.2 Å². The molecule has 7 heteroatoms. The van der Waals surface area contributed by atoms with Gasteiger partial charge in [0.2, 0.25) is 0 Å². The van der Waals surface area contributed by atoms with Crippen molar-refractivity contribution in [3.63, 3.8) is 0 Å². The number of carbonyl (C=O) groups is 1. The van der Waals surface area contributed by atoms with Crippen LogP contribution >= 0.6 is 22.9 Å². The number of hydrogen-bond acceptors (Lipinski definition) is 4. The van der Waals surface area contributed by atoms with Crippen LogP contribution in [0.5, 0.6) is 0 Å². The zero-order valence-electron chi connectivity index (χ0n) is 10.0. The van der Waals surface area contributed by atoms with Crippen LogP contribution < -0.4 is 0 Å². The predicted octanol–water partition coefficient (Wildman–Crippen LogP) is 3.35. The maximum Gasteiger partial charge on any atom is 0.339 e. The molecule has 0 amide bonds. The molecule has 5 nitrogen and oxygen atoms in total. The standard InChI is InChI=1S/C13H8ClN3O2S/c14-8-1-3-9(4-2-8)17-7-10(13(18)19)11(16-17)12-15-5-6-20-12/h1-7H,(H,18,19). The topological polar surface area (TPSA) is 68.0 Å². The van der Waals surface area contributed by atoms with Crippen LogP contribution in [0.25, 0.3) is 16.4 Å². The van der Waals surface area contributed by atoms with Crippen LogP contribution in [0.1, 0.15) is 10.4 Å². The van der Waals surface area contributed by atoms with Gasteiger partial charge in [-0.1, -0.05) is 11.6 Å². The molecule has 0 fully saturated rings. The van der Waals surface area contributed by atoms with Crippen molar-refractivity contribution in [1.82, 2.24) is 14.8 Å². The molecule has 0 atom stereocenters. The number of aromatic nitrogens is 3. The number of carboxylic acid groups (broad SMARTS) is 1. The van der Waals surface area contributed by atoms with Crippen molar-refractivity contribution in [2.75, 3.05) is 0 Å². The van der Waals surface area contributed by atoms with Crippen molar-refractivity contribution in [2.24, 2.45) is 0 Å². The lowest BCUT2D eigenvalue weighted by molar-refractivity contribution is 0.0697. The van der Waals surface area contributed by atoms with E-state index in [0.717, 1.165) is 5.69 Å². The molecule has 2 heterocycles. The van der Waals surface area contributed by atoms with Crippen LogP contribution in [-0.2, 0) is 0 Å². The molecule has 0 aliphatic heterocycles. The zero-order valence-corrected chi connectivity index (χ0v) is 11.6. The van der Waals surface area contributed by atoms with Crippen LogP contribution in [0.3, 0.4) is 0 Å². The van der Waals surface area contributed by atoms with E-state index in [9.17, 15) is 9.90 Å². The quantitative estimate of drug-likeness (QED) is 0.805. The molecule has 0 saturated heterocycles. The van der Waals surface area contributed by atoms with Crippen LogP contribution in [0.2, 0.25) is 5.02 Å². The Morgan fingerprint density at radius 3 is 2.65 bits per heavy atom. The van der Waals surface area contributed by atoms with Crippen LogP contribution in [0.15, 0.2) is 42.0 Å². The fraction of sp³-hybridized carbons (Fsp3) is 0. The maximum atomic E-state index is 11.3. The third kappa shape index (κ3) is 2.31. The van der Waals surface area contributed by atoms with Gasteiger partial charge in [-0.05, 0) is 24.3 Å². The fourth-order valence-corrected chi connectivity index (χ4v) is 2.52. The first-order chi connectivity index (χ1) is 9.65. The molecule has 0 aliphatic carbocycles. The number of rotatable bonds is 3. The molecule has 2 aromatic heterocycles. The minimum atomic E-state index is -1.03. The van der Waals surface area contributed by atoms with E-state index in [-0.39, 0.29) is 5.56 Å². The fourth-order valence-electron chi connectivity index (χ4n) is 1.75. The molecule has 0 saturated carbocycles. The molecular formula is C13H8ClN3O2S. The highest BCUT2D eigenvalue weighted by Crippen LogP contribution is 2.25. The lowest BCUT2D eigenvalue weighted by atomic mass is 10.2. The van der Waals surface area contributed by atoms with E-state index in [2.05, 4.69) is 10.1 Å². The van der Waals surface area contributed by atoms with Gasteiger partial charge < -0.3 is 5.11 Å². The number of thiazole rings is 1. The second kappa shape index (κ2) is 5.07. The molecule has 0 bridgehead atoms. The highest BCUT2D eigenvalue weighted by Gasteiger charge is 2.19. The SMILES string of the molecule is O=C(O)c1cn(-c2ccc(Cl)cc2)nc1-c1nccs1. The first-order valence-corrected chi connectivity index (χ1v) is 6.89. The Morgan fingerprint density at radius 1 is 1.30 bits per heavy atom. The monoisotopic (exact) mass is 305 g/mol. The molecule has 3 rings (SSSR count). The second-order valence-electron chi connectivity index (χ2n) is 3.95. The predicted molar refractivity (Wildman–Crippen MR) is 76.6 cm³/mol. The molecule has 0 aliphatic rings. The Bertz CT molecular complexity index is 751. The van der Waals surface area contributed by atoms with Crippen molar-refractivity contribution in [1.29, 1.82) is 0 Å². The van der Waals surface area contributed by atoms with Crippen molar-refractivity contribution < 1.29 is 9.90 Å². The summed E-state index contributed by atoms with van der Waals surface area (Å²) in [6, 6.07) is 6.99. The van der Waals surface area contributed by atoms with Crippen molar-refractivity contribution in [3.8, 4) is 16.4 Å². The first kappa shape index (κ1) is 12.8. The minimum absolute atomic E-state index is 0.120. The van der Waals surface area contributed by atoms with Crippen LogP contribution in [0.4, 0.5) is 0 Å². The summed E-state index contributed by atoms with van der Waals surface area (Å²) >= 11 is 7.18. The summed E-state index contributed by atoms with van der Waals surface area (Å²) in [6.45, 7) is 0. The normalized spacial score (nSPS) is 10.7. The average Bonchev–Trinajstić information content (AvgIpc) is 3.08. The van der Waals surface area contributed by atoms with Crippen molar-refractivity contribution >= 4 is 28.9 Å². The largest absolute Gasteiger partial charge is 0.478 e.